The van der Waals surface area contributed by atoms with Crippen LogP contribution in [0.2, 0.25) is 0 Å². The van der Waals surface area contributed by atoms with Crippen LogP contribution in [0, 0.1) is 0 Å². The zero-order valence-electron chi connectivity index (χ0n) is 9.88. The molecule has 1 aromatic rings. The molecule has 1 aromatic heterocycles. The Labute approximate surface area is 95.0 Å². The Morgan fingerprint density at radius 2 is 2.06 bits per heavy atom. The predicted octanol–water partition coefficient (Wildman–Crippen LogP) is 0.669. The summed E-state index contributed by atoms with van der Waals surface area (Å²) in [7, 11) is 1.81. The van der Waals surface area contributed by atoms with Gasteiger partial charge in [0.1, 0.15) is 0 Å². The molecule has 1 saturated heterocycles. The average Bonchev–Trinajstić information content (AvgIpc) is 2.62. The topological polar surface area (TPSA) is 47.4 Å². The van der Waals surface area contributed by atoms with Crippen molar-refractivity contribution in [3.63, 3.8) is 0 Å². The first-order valence-electron chi connectivity index (χ1n) is 5.49. The molecule has 0 radical (unpaired) electrons. The molecule has 16 heavy (non-hydrogen) atoms. The van der Waals surface area contributed by atoms with Crippen molar-refractivity contribution in [1.29, 1.82) is 0 Å². The largest absolute Gasteiger partial charge is 0.372 e. The van der Waals surface area contributed by atoms with Crippen molar-refractivity contribution in [1.82, 2.24) is 14.7 Å². The first-order valence-corrected chi connectivity index (χ1v) is 5.49. The number of hydrogen-bond acceptors (Lipinski definition) is 3. The Morgan fingerprint density at radius 3 is 2.56 bits per heavy atom. The number of ether oxygens (including phenoxy) is 1. The van der Waals surface area contributed by atoms with E-state index >= 15 is 0 Å². The van der Waals surface area contributed by atoms with Crippen LogP contribution in [0.4, 0.5) is 0 Å². The standard InChI is InChI=1S/C11H17N3O2/c1-8-5-14(6-9(2)16-8)11(15)10-4-12-13(3)7-10/h4,7-9H,5-6H2,1-3H3/t8-,9-/m0/s1. The van der Waals surface area contributed by atoms with Crippen LogP contribution in [0.25, 0.3) is 0 Å². The van der Waals surface area contributed by atoms with Crippen LogP contribution in [0.5, 0.6) is 0 Å². The minimum Gasteiger partial charge on any atom is -0.372 e. The second-order valence-corrected chi connectivity index (χ2v) is 4.37. The van der Waals surface area contributed by atoms with Gasteiger partial charge in [0.25, 0.3) is 5.91 Å². The molecular weight excluding hydrogens is 206 g/mol. The van der Waals surface area contributed by atoms with Crippen LogP contribution in [0.15, 0.2) is 12.4 Å². The Bertz CT molecular complexity index is 378. The van der Waals surface area contributed by atoms with Gasteiger partial charge in [-0.05, 0) is 13.8 Å². The van der Waals surface area contributed by atoms with E-state index in [1.54, 1.807) is 24.1 Å². The first kappa shape index (κ1) is 11.1. The maximum absolute atomic E-state index is 12.1. The first-order chi connectivity index (χ1) is 7.56. The summed E-state index contributed by atoms with van der Waals surface area (Å²) in [5, 5.41) is 4.01. The highest BCUT2D eigenvalue weighted by Crippen LogP contribution is 2.13. The number of aryl methyl sites for hydroxylation is 1. The van der Waals surface area contributed by atoms with Gasteiger partial charge >= 0.3 is 0 Å². The minimum absolute atomic E-state index is 0.0371. The quantitative estimate of drug-likeness (QED) is 0.703. The molecule has 1 fully saturated rings. The van der Waals surface area contributed by atoms with Gasteiger partial charge in [-0.25, -0.2) is 0 Å². The summed E-state index contributed by atoms with van der Waals surface area (Å²) in [6.07, 6.45) is 3.55. The van der Waals surface area contributed by atoms with Crippen molar-refractivity contribution in [3.8, 4) is 0 Å². The highest BCUT2D eigenvalue weighted by molar-refractivity contribution is 5.93. The minimum atomic E-state index is 0.0371. The molecule has 0 aromatic carbocycles. The van der Waals surface area contributed by atoms with Gasteiger partial charge in [0.15, 0.2) is 0 Å². The van der Waals surface area contributed by atoms with Crippen molar-refractivity contribution < 1.29 is 9.53 Å². The Kier molecular flexibility index (Phi) is 2.96. The predicted molar refractivity (Wildman–Crippen MR) is 59.1 cm³/mol. The Hall–Kier alpha value is -1.36. The maximum Gasteiger partial charge on any atom is 0.257 e. The summed E-state index contributed by atoms with van der Waals surface area (Å²) < 4.78 is 7.23. The van der Waals surface area contributed by atoms with E-state index in [9.17, 15) is 4.79 Å². The number of amides is 1. The van der Waals surface area contributed by atoms with E-state index in [-0.39, 0.29) is 18.1 Å². The fraction of sp³-hybridized carbons (Fsp3) is 0.636. The molecule has 0 saturated carbocycles. The van der Waals surface area contributed by atoms with Crippen LogP contribution in [0.1, 0.15) is 24.2 Å². The Balaban J connectivity index is 2.09. The molecule has 0 unspecified atom stereocenters. The van der Waals surface area contributed by atoms with Gasteiger partial charge in [-0.2, -0.15) is 5.10 Å². The Morgan fingerprint density at radius 1 is 1.44 bits per heavy atom. The molecule has 5 heteroatoms. The molecule has 0 bridgehead atoms. The number of aromatic nitrogens is 2. The van der Waals surface area contributed by atoms with Gasteiger partial charge < -0.3 is 9.64 Å². The fourth-order valence-electron chi connectivity index (χ4n) is 2.06. The van der Waals surface area contributed by atoms with Gasteiger partial charge in [-0.1, -0.05) is 0 Å². The highest BCUT2D eigenvalue weighted by Gasteiger charge is 2.26. The van der Waals surface area contributed by atoms with E-state index < -0.39 is 0 Å². The second kappa shape index (κ2) is 4.25. The normalized spacial score (nSPS) is 25.8. The number of morpholine rings is 1. The third-order valence-corrected chi connectivity index (χ3v) is 2.66. The summed E-state index contributed by atoms with van der Waals surface area (Å²) >= 11 is 0. The van der Waals surface area contributed by atoms with Gasteiger partial charge in [0.2, 0.25) is 0 Å². The summed E-state index contributed by atoms with van der Waals surface area (Å²) in [4.78, 5) is 14.0. The third-order valence-electron chi connectivity index (χ3n) is 2.66. The molecule has 88 valence electrons. The lowest BCUT2D eigenvalue weighted by atomic mass is 10.2. The SMILES string of the molecule is C[C@H]1CN(C(=O)c2cnn(C)c2)C[C@H](C)O1. The molecular formula is C11H17N3O2. The summed E-state index contributed by atoms with van der Waals surface area (Å²) in [5.74, 6) is 0.0371. The summed E-state index contributed by atoms with van der Waals surface area (Å²) in [6, 6.07) is 0. The molecule has 0 N–H and O–H groups in total. The molecule has 1 aliphatic heterocycles. The number of nitrogens with zero attached hydrogens (tertiary/aromatic N) is 3. The number of rotatable bonds is 1. The number of carbonyl (C=O) groups is 1. The van der Waals surface area contributed by atoms with E-state index in [4.69, 9.17) is 4.74 Å². The van der Waals surface area contributed by atoms with Gasteiger partial charge in [-0.15, -0.1) is 0 Å². The van der Waals surface area contributed by atoms with Crippen molar-refractivity contribution in [2.24, 2.45) is 7.05 Å². The molecule has 2 heterocycles. The van der Waals surface area contributed by atoms with E-state index in [0.717, 1.165) is 0 Å². The lowest BCUT2D eigenvalue weighted by Gasteiger charge is -2.35. The highest BCUT2D eigenvalue weighted by atomic mass is 16.5. The van der Waals surface area contributed by atoms with E-state index in [1.165, 1.54) is 0 Å². The van der Waals surface area contributed by atoms with E-state index in [0.29, 0.717) is 18.7 Å². The molecule has 2 atom stereocenters. The zero-order valence-corrected chi connectivity index (χ0v) is 9.88. The van der Waals surface area contributed by atoms with Gasteiger partial charge in [0.05, 0.1) is 24.0 Å². The average molecular weight is 223 g/mol. The number of carbonyl (C=O) groups excluding carboxylic acids is 1. The molecule has 5 nitrogen and oxygen atoms in total. The van der Waals surface area contributed by atoms with E-state index in [1.807, 2.05) is 18.7 Å². The molecule has 1 aliphatic rings. The van der Waals surface area contributed by atoms with Crippen LogP contribution < -0.4 is 0 Å². The maximum atomic E-state index is 12.1. The fourth-order valence-corrected chi connectivity index (χ4v) is 2.06. The molecule has 2 rings (SSSR count). The van der Waals surface area contributed by atoms with Crippen LogP contribution >= 0.6 is 0 Å². The van der Waals surface area contributed by atoms with Crippen LogP contribution in [0.3, 0.4) is 0 Å². The molecule has 1 amide bonds. The lowest BCUT2D eigenvalue weighted by Crippen LogP contribution is -2.48. The van der Waals surface area contributed by atoms with E-state index in [2.05, 4.69) is 5.10 Å². The van der Waals surface area contributed by atoms with Crippen molar-refractivity contribution in [3.05, 3.63) is 18.0 Å². The summed E-state index contributed by atoms with van der Waals surface area (Å²) in [5.41, 5.74) is 0.642. The third kappa shape index (κ3) is 2.24. The van der Waals surface area contributed by atoms with Crippen molar-refractivity contribution in [2.75, 3.05) is 13.1 Å². The number of hydrogen-bond donors (Lipinski definition) is 0. The molecule has 0 spiro atoms. The van der Waals surface area contributed by atoms with Crippen molar-refractivity contribution >= 4 is 5.91 Å². The second-order valence-electron chi connectivity index (χ2n) is 4.37. The summed E-state index contributed by atoms with van der Waals surface area (Å²) in [6.45, 7) is 5.27. The van der Waals surface area contributed by atoms with Gasteiger partial charge in [0, 0.05) is 26.3 Å². The van der Waals surface area contributed by atoms with Gasteiger partial charge in [-0.3, -0.25) is 9.48 Å². The zero-order chi connectivity index (χ0) is 11.7. The smallest absolute Gasteiger partial charge is 0.257 e. The monoisotopic (exact) mass is 223 g/mol. The molecule has 0 aliphatic carbocycles. The van der Waals surface area contributed by atoms with Crippen molar-refractivity contribution in [2.45, 2.75) is 26.1 Å². The van der Waals surface area contributed by atoms with Crippen LogP contribution in [-0.2, 0) is 11.8 Å². The lowest BCUT2D eigenvalue weighted by molar-refractivity contribution is -0.0586. The van der Waals surface area contributed by atoms with Crippen LogP contribution in [-0.4, -0.2) is 45.9 Å².